The quantitative estimate of drug-likeness (QED) is 0.908. The Balaban J connectivity index is 1.89. The van der Waals surface area contributed by atoms with Crippen molar-refractivity contribution in [2.24, 2.45) is 0 Å². The van der Waals surface area contributed by atoms with Crippen LogP contribution in [0.1, 0.15) is 5.56 Å². The van der Waals surface area contributed by atoms with E-state index in [0.717, 1.165) is 23.4 Å². The van der Waals surface area contributed by atoms with Gasteiger partial charge in [-0.05, 0) is 29.8 Å². The van der Waals surface area contributed by atoms with Crippen LogP contribution < -0.4 is 15.4 Å². The van der Waals surface area contributed by atoms with Crippen LogP contribution in [0.25, 0.3) is 0 Å². The summed E-state index contributed by atoms with van der Waals surface area (Å²) < 4.78 is 31.1. The summed E-state index contributed by atoms with van der Waals surface area (Å²) in [6, 6.07) is 9.52. The van der Waals surface area contributed by atoms with Crippen molar-refractivity contribution in [2.75, 3.05) is 12.4 Å². The number of benzene rings is 2. The average molecular weight is 292 g/mol. The maximum absolute atomic E-state index is 13.4. The zero-order valence-electron chi connectivity index (χ0n) is 11.3. The van der Waals surface area contributed by atoms with Gasteiger partial charge in [0, 0.05) is 12.6 Å². The number of rotatable bonds is 4. The predicted octanol–water partition coefficient (Wildman–Crippen LogP) is 3.30. The molecule has 4 nitrogen and oxygen atoms in total. The molecule has 2 N–H and O–H groups in total. The first-order valence-corrected chi connectivity index (χ1v) is 6.21. The second kappa shape index (κ2) is 6.69. The van der Waals surface area contributed by atoms with Crippen LogP contribution in [-0.2, 0) is 6.54 Å². The Morgan fingerprint density at radius 1 is 1.14 bits per heavy atom. The molecular weight excluding hydrogens is 278 g/mol. The summed E-state index contributed by atoms with van der Waals surface area (Å²) in [5, 5.41) is 4.89. The van der Waals surface area contributed by atoms with Crippen LogP contribution in [0.5, 0.6) is 5.75 Å². The summed E-state index contributed by atoms with van der Waals surface area (Å²) in [6.07, 6.45) is 0. The number of anilines is 1. The van der Waals surface area contributed by atoms with Gasteiger partial charge in [0.1, 0.15) is 17.4 Å². The Labute approximate surface area is 120 Å². The lowest BCUT2D eigenvalue weighted by Gasteiger charge is -2.09. The lowest BCUT2D eigenvalue weighted by atomic mass is 10.2. The van der Waals surface area contributed by atoms with Crippen LogP contribution in [0.4, 0.5) is 19.3 Å². The molecule has 2 aromatic rings. The normalized spacial score (nSPS) is 10.0. The Kier molecular flexibility index (Phi) is 4.71. The Hall–Kier alpha value is -2.63. The minimum atomic E-state index is -0.824. The zero-order chi connectivity index (χ0) is 15.2. The van der Waals surface area contributed by atoms with Gasteiger partial charge in [0.15, 0.2) is 0 Å². The summed E-state index contributed by atoms with van der Waals surface area (Å²) in [4.78, 5) is 11.6. The number of methoxy groups -OCH3 is 1. The molecule has 2 aromatic carbocycles. The molecule has 0 fully saturated rings. The standard InChI is InChI=1S/C15H14F2N2O2/c1-21-12-5-2-10(3-6-12)9-18-15(20)19-14-7-4-11(16)8-13(14)17/h2-8H,9H2,1H3,(H2,18,19,20). The van der Waals surface area contributed by atoms with Crippen LogP contribution in [0.3, 0.4) is 0 Å². The topological polar surface area (TPSA) is 50.4 Å². The molecule has 0 unspecified atom stereocenters. The molecule has 0 saturated carbocycles. The van der Waals surface area contributed by atoms with Gasteiger partial charge in [-0.25, -0.2) is 13.6 Å². The van der Waals surface area contributed by atoms with Crippen molar-refractivity contribution in [3.63, 3.8) is 0 Å². The molecule has 2 rings (SSSR count). The minimum absolute atomic E-state index is 0.0800. The second-order valence-corrected chi connectivity index (χ2v) is 4.28. The van der Waals surface area contributed by atoms with E-state index >= 15 is 0 Å². The maximum Gasteiger partial charge on any atom is 0.319 e. The van der Waals surface area contributed by atoms with Crippen molar-refractivity contribution >= 4 is 11.7 Å². The molecule has 0 aliphatic carbocycles. The van der Waals surface area contributed by atoms with Crippen molar-refractivity contribution in [2.45, 2.75) is 6.54 Å². The monoisotopic (exact) mass is 292 g/mol. The molecule has 0 spiro atoms. The highest BCUT2D eigenvalue weighted by atomic mass is 19.1. The molecule has 110 valence electrons. The second-order valence-electron chi connectivity index (χ2n) is 4.28. The molecule has 21 heavy (non-hydrogen) atoms. The summed E-state index contributed by atoms with van der Waals surface area (Å²) in [5.74, 6) is -0.803. The highest BCUT2D eigenvalue weighted by Gasteiger charge is 2.07. The molecule has 0 radical (unpaired) electrons. The molecule has 0 saturated heterocycles. The van der Waals surface area contributed by atoms with E-state index in [0.29, 0.717) is 6.07 Å². The molecule has 0 heterocycles. The number of carbonyl (C=O) groups excluding carboxylic acids is 1. The fraction of sp³-hybridized carbons (Fsp3) is 0.133. The van der Waals surface area contributed by atoms with Gasteiger partial charge in [0.05, 0.1) is 12.8 Å². The molecule has 0 aliphatic rings. The van der Waals surface area contributed by atoms with Crippen molar-refractivity contribution in [3.8, 4) is 5.75 Å². The predicted molar refractivity (Wildman–Crippen MR) is 75.2 cm³/mol. The molecule has 6 heteroatoms. The van der Waals surface area contributed by atoms with E-state index in [-0.39, 0.29) is 12.2 Å². The first kappa shape index (κ1) is 14.8. The number of ether oxygens (including phenoxy) is 1. The van der Waals surface area contributed by atoms with Gasteiger partial charge in [-0.3, -0.25) is 0 Å². The van der Waals surface area contributed by atoms with E-state index in [1.54, 1.807) is 31.4 Å². The smallest absolute Gasteiger partial charge is 0.319 e. The van der Waals surface area contributed by atoms with Gasteiger partial charge in [0.25, 0.3) is 0 Å². The first-order chi connectivity index (χ1) is 10.1. The van der Waals surface area contributed by atoms with Crippen LogP contribution in [0, 0.1) is 11.6 Å². The van der Waals surface area contributed by atoms with E-state index in [1.165, 1.54) is 0 Å². The molecule has 0 bridgehead atoms. The summed E-state index contributed by atoms with van der Waals surface area (Å²) >= 11 is 0. The summed E-state index contributed by atoms with van der Waals surface area (Å²) in [5.41, 5.74) is 0.786. The fourth-order valence-electron chi connectivity index (χ4n) is 1.68. The van der Waals surface area contributed by atoms with Gasteiger partial charge in [-0.2, -0.15) is 0 Å². The van der Waals surface area contributed by atoms with E-state index < -0.39 is 17.7 Å². The number of hydrogen-bond donors (Lipinski definition) is 2. The molecule has 2 amide bonds. The van der Waals surface area contributed by atoms with Crippen LogP contribution in [0.15, 0.2) is 42.5 Å². The van der Waals surface area contributed by atoms with Gasteiger partial charge in [-0.15, -0.1) is 0 Å². The van der Waals surface area contributed by atoms with Crippen molar-refractivity contribution in [1.82, 2.24) is 5.32 Å². The van der Waals surface area contributed by atoms with E-state index in [2.05, 4.69) is 10.6 Å². The van der Waals surface area contributed by atoms with Crippen LogP contribution in [0.2, 0.25) is 0 Å². The molecule has 0 aliphatic heterocycles. The average Bonchev–Trinajstić information content (AvgIpc) is 2.48. The fourth-order valence-corrected chi connectivity index (χ4v) is 1.68. The first-order valence-electron chi connectivity index (χ1n) is 6.21. The third kappa shape index (κ3) is 4.17. The van der Waals surface area contributed by atoms with Gasteiger partial charge < -0.3 is 15.4 Å². The zero-order valence-corrected chi connectivity index (χ0v) is 11.3. The third-order valence-corrected chi connectivity index (χ3v) is 2.79. The number of halogens is 2. The highest BCUT2D eigenvalue weighted by Crippen LogP contribution is 2.15. The molecular formula is C15H14F2N2O2. The van der Waals surface area contributed by atoms with Gasteiger partial charge in [0.2, 0.25) is 0 Å². The van der Waals surface area contributed by atoms with E-state index in [1.807, 2.05) is 0 Å². The Bertz CT molecular complexity index is 630. The third-order valence-electron chi connectivity index (χ3n) is 2.79. The number of hydrogen-bond acceptors (Lipinski definition) is 2. The van der Waals surface area contributed by atoms with Crippen molar-refractivity contribution in [1.29, 1.82) is 0 Å². The summed E-state index contributed by atoms with van der Waals surface area (Å²) in [7, 11) is 1.57. The highest BCUT2D eigenvalue weighted by molar-refractivity contribution is 5.89. The van der Waals surface area contributed by atoms with Crippen molar-refractivity contribution in [3.05, 3.63) is 59.7 Å². The number of nitrogens with one attached hydrogen (secondary N) is 2. The minimum Gasteiger partial charge on any atom is -0.497 e. The lowest BCUT2D eigenvalue weighted by Crippen LogP contribution is -2.28. The van der Waals surface area contributed by atoms with Crippen LogP contribution >= 0.6 is 0 Å². The molecule has 0 atom stereocenters. The lowest BCUT2D eigenvalue weighted by molar-refractivity contribution is 0.251. The van der Waals surface area contributed by atoms with Crippen LogP contribution in [-0.4, -0.2) is 13.1 Å². The van der Waals surface area contributed by atoms with Crippen molar-refractivity contribution < 1.29 is 18.3 Å². The van der Waals surface area contributed by atoms with E-state index in [9.17, 15) is 13.6 Å². The van der Waals surface area contributed by atoms with Gasteiger partial charge in [-0.1, -0.05) is 12.1 Å². The Morgan fingerprint density at radius 3 is 2.48 bits per heavy atom. The summed E-state index contributed by atoms with van der Waals surface area (Å²) in [6.45, 7) is 0.276. The number of amides is 2. The van der Waals surface area contributed by atoms with Gasteiger partial charge >= 0.3 is 6.03 Å². The SMILES string of the molecule is COc1ccc(CNC(=O)Nc2ccc(F)cc2F)cc1. The largest absolute Gasteiger partial charge is 0.497 e. The Morgan fingerprint density at radius 2 is 1.86 bits per heavy atom. The number of carbonyl (C=O) groups is 1. The maximum atomic E-state index is 13.4. The van der Waals surface area contributed by atoms with E-state index in [4.69, 9.17) is 4.74 Å². The molecule has 0 aromatic heterocycles. The number of urea groups is 1.